The molecule has 1 aliphatic rings. The number of hydrogen-bond acceptors (Lipinski definition) is 3. The maximum absolute atomic E-state index is 5.61. The second-order valence-corrected chi connectivity index (χ2v) is 6.17. The van der Waals surface area contributed by atoms with Crippen LogP contribution in [0.2, 0.25) is 0 Å². The Balaban J connectivity index is 1.88. The molecule has 2 heterocycles. The lowest BCUT2D eigenvalue weighted by molar-refractivity contribution is -0.0178. The Bertz CT molecular complexity index is 318. The second-order valence-electron chi connectivity index (χ2n) is 3.61. The minimum absolute atomic E-state index is 0.349. The zero-order valence-electron chi connectivity index (χ0n) is 8.29. The highest BCUT2D eigenvalue weighted by atomic mass is 79.9. The fourth-order valence-electron chi connectivity index (χ4n) is 1.67. The molecule has 15 heavy (non-hydrogen) atoms. The van der Waals surface area contributed by atoms with E-state index in [0.29, 0.717) is 6.10 Å². The van der Waals surface area contributed by atoms with Crippen LogP contribution in [0.5, 0.6) is 0 Å². The summed E-state index contributed by atoms with van der Waals surface area (Å²) in [7, 11) is 0. The van der Waals surface area contributed by atoms with Gasteiger partial charge in [-0.15, -0.1) is 11.3 Å². The molecule has 1 aromatic heterocycles. The van der Waals surface area contributed by atoms with Crippen molar-refractivity contribution in [2.45, 2.75) is 12.6 Å². The summed E-state index contributed by atoms with van der Waals surface area (Å²) in [5.41, 5.74) is 0. The average molecular weight is 355 g/mol. The van der Waals surface area contributed by atoms with Gasteiger partial charge in [0.25, 0.3) is 0 Å². The number of halogens is 2. The largest absolute Gasteiger partial charge is 0.375 e. The predicted octanol–water partition coefficient (Wildman–Crippen LogP) is 3.11. The molecule has 1 unspecified atom stereocenters. The van der Waals surface area contributed by atoms with Gasteiger partial charge in [0.05, 0.1) is 12.7 Å². The molecule has 1 saturated heterocycles. The summed E-state index contributed by atoms with van der Waals surface area (Å²) >= 11 is 8.76. The molecule has 0 saturated carbocycles. The van der Waals surface area contributed by atoms with Crippen molar-refractivity contribution < 1.29 is 4.74 Å². The van der Waals surface area contributed by atoms with Crippen LogP contribution in [0.15, 0.2) is 15.9 Å². The fourth-order valence-corrected chi connectivity index (χ4v) is 3.56. The van der Waals surface area contributed by atoms with Crippen molar-refractivity contribution in [1.29, 1.82) is 0 Å². The number of rotatable bonds is 3. The summed E-state index contributed by atoms with van der Waals surface area (Å²) in [5.74, 6) is 0. The molecule has 2 nitrogen and oxygen atoms in total. The topological polar surface area (TPSA) is 12.5 Å². The minimum atomic E-state index is 0.349. The summed E-state index contributed by atoms with van der Waals surface area (Å²) < 4.78 is 6.79. The van der Waals surface area contributed by atoms with Gasteiger partial charge in [-0.1, -0.05) is 15.9 Å². The van der Waals surface area contributed by atoms with Crippen LogP contribution in [0.1, 0.15) is 4.88 Å². The number of nitrogens with zero attached hydrogens (tertiary/aromatic N) is 1. The van der Waals surface area contributed by atoms with Crippen molar-refractivity contribution in [2.75, 3.05) is 25.0 Å². The molecular weight excluding hydrogens is 342 g/mol. The van der Waals surface area contributed by atoms with Gasteiger partial charge >= 0.3 is 0 Å². The highest BCUT2D eigenvalue weighted by Crippen LogP contribution is 2.22. The maximum Gasteiger partial charge on any atom is 0.0799 e. The van der Waals surface area contributed by atoms with E-state index in [9.17, 15) is 0 Å². The van der Waals surface area contributed by atoms with Crippen molar-refractivity contribution in [3.05, 3.63) is 20.8 Å². The van der Waals surface area contributed by atoms with Crippen molar-refractivity contribution in [2.24, 2.45) is 0 Å². The lowest BCUT2D eigenvalue weighted by atomic mass is 10.3. The first-order valence-corrected chi connectivity index (χ1v) is 7.70. The SMILES string of the molecule is BrCC1CN(Cc2cc(Br)cs2)CCO1. The minimum Gasteiger partial charge on any atom is -0.375 e. The van der Waals surface area contributed by atoms with Crippen molar-refractivity contribution in [1.82, 2.24) is 4.90 Å². The Morgan fingerprint density at radius 3 is 3.13 bits per heavy atom. The lowest BCUT2D eigenvalue weighted by Gasteiger charge is -2.31. The zero-order valence-corrected chi connectivity index (χ0v) is 12.3. The van der Waals surface area contributed by atoms with Crippen LogP contribution >= 0.6 is 43.2 Å². The Morgan fingerprint density at radius 2 is 2.47 bits per heavy atom. The van der Waals surface area contributed by atoms with Crippen LogP contribution in [0, 0.1) is 0 Å². The summed E-state index contributed by atoms with van der Waals surface area (Å²) in [6, 6.07) is 2.20. The van der Waals surface area contributed by atoms with Crippen molar-refractivity contribution >= 4 is 43.2 Å². The monoisotopic (exact) mass is 353 g/mol. The molecule has 0 aliphatic carbocycles. The van der Waals surface area contributed by atoms with Crippen LogP contribution in [0.25, 0.3) is 0 Å². The average Bonchev–Trinajstić information content (AvgIpc) is 2.64. The zero-order chi connectivity index (χ0) is 10.7. The molecule has 1 fully saturated rings. The van der Waals surface area contributed by atoms with Gasteiger partial charge < -0.3 is 4.74 Å². The Labute approximate surface area is 111 Å². The number of thiophene rings is 1. The van der Waals surface area contributed by atoms with E-state index < -0.39 is 0 Å². The van der Waals surface area contributed by atoms with Crippen LogP contribution in [0.3, 0.4) is 0 Å². The number of morpholine rings is 1. The van der Waals surface area contributed by atoms with E-state index in [-0.39, 0.29) is 0 Å². The Morgan fingerprint density at radius 1 is 1.60 bits per heavy atom. The highest BCUT2D eigenvalue weighted by molar-refractivity contribution is 9.10. The molecule has 0 bridgehead atoms. The Hall–Kier alpha value is 0.580. The molecule has 0 aromatic carbocycles. The lowest BCUT2D eigenvalue weighted by Crippen LogP contribution is -2.42. The van der Waals surface area contributed by atoms with Gasteiger partial charge in [-0.05, 0) is 22.0 Å². The summed E-state index contributed by atoms with van der Waals surface area (Å²) in [4.78, 5) is 3.87. The second kappa shape index (κ2) is 5.77. The highest BCUT2D eigenvalue weighted by Gasteiger charge is 2.19. The third-order valence-electron chi connectivity index (χ3n) is 2.40. The molecule has 84 valence electrons. The van der Waals surface area contributed by atoms with Gasteiger partial charge in [0, 0.05) is 39.7 Å². The van der Waals surface area contributed by atoms with Gasteiger partial charge in [-0.2, -0.15) is 0 Å². The van der Waals surface area contributed by atoms with Gasteiger partial charge in [0.15, 0.2) is 0 Å². The number of alkyl halides is 1. The summed E-state index contributed by atoms with van der Waals surface area (Å²) in [6.45, 7) is 3.96. The third kappa shape index (κ3) is 3.53. The fraction of sp³-hybridized carbons (Fsp3) is 0.600. The third-order valence-corrected chi connectivity index (χ3v) is 4.80. The molecule has 0 radical (unpaired) electrons. The van der Waals surface area contributed by atoms with E-state index in [0.717, 1.165) is 31.6 Å². The molecule has 1 aromatic rings. The van der Waals surface area contributed by atoms with E-state index in [4.69, 9.17) is 4.74 Å². The van der Waals surface area contributed by atoms with Gasteiger partial charge in [0.1, 0.15) is 0 Å². The number of hydrogen-bond donors (Lipinski definition) is 0. The van der Waals surface area contributed by atoms with E-state index in [1.54, 1.807) is 0 Å². The van der Waals surface area contributed by atoms with Gasteiger partial charge in [0.2, 0.25) is 0 Å². The van der Waals surface area contributed by atoms with Crippen LogP contribution in [-0.4, -0.2) is 36.0 Å². The smallest absolute Gasteiger partial charge is 0.0799 e. The van der Waals surface area contributed by atoms with E-state index in [2.05, 4.69) is 48.2 Å². The van der Waals surface area contributed by atoms with Gasteiger partial charge in [-0.3, -0.25) is 4.90 Å². The first-order valence-electron chi connectivity index (χ1n) is 4.91. The van der Waals surface area contributed by atoms with Crippen molar-refractivity contribution in [3.8, 4) is 0 Å². The molecule has 0 spiro atoms. The maximum atomic E-state index is 5.61. The molecule has 5 heteroatoms. The Kier molecular flexibility index (Phi) is 4.64. The first kappa shape index (κ1) is 12.0. The van der Waals surface area contributed by atoms with E-state index in [1.807, 2.05) is 11.3 Å². The van der Waals surface area contributed by atoms with E-state index in [1.165, 1.54) is 9.35 Å². The molecule has 1 aliphatic heterocycles. The van der Waals surface area contributed by atoms with Crippen LogP contribution in [-0.2, 0) is 11.3 Å². The van der Waals surface area contributed by atoms with Crippen molar-refractivity contribution in [3.63, 3.8) is 0 Å². The van der Waals surface area contributed by atoms with Gasteiger partial charge in [-0.25, -0.2) is 0 Å². The molecular formula is C10H13Br2NOS. The normalized spacial score (nSPS) is 23.2. The van der Waals surface area contributed by atoms with E-state index >= 15 is 0 Å². The quantitative estimate of drug-likeness (QED) is 0.773. The molecule has 0 amide bonds. The molecule has 1 atom stereocenters. The summed E-state index contributed by atoms with van der Waals surface area (Å²) in [6.07, 6.45) is 0.349. The standard InChI is InChI=1S/C10H13Br2NOS/c11-4-9-5-13(1-2-14-9)6-10-3-8(12)7-15-10/h3,7,9H,1-2,4-6H2. The number of ether oxygens (including phenoxy) is 1. The van der Waals surface area contributed by atoms with Crippen LogP contribution in [0.4, 0.5) is 0 Å². The first-order chi connectivity index (χ1) is 7.28. The molecule has 0 N–H and O–H groups in total. The molecule has 2 rings (SSSR count). The van der Waals surface area contributed by atoms with Crippen LogP contribution < -0.4 is 0 Å². The summed E-state index contributed by atoms with van der Waals surface area (Å²) in [5, 5.41) is 3.06. The predicted molar refractivity (Wildman–Crippen MR) is 70.8 cm³/mol.